The van der Waals surface area contributed by atoms with Crippen molar-refractivity contribution in [2.24, 2.45) is 0 Å². The van der Waals surface area contributed by atoms with E-state index < -0.39 is 5.91 Å². The summed E-state index contributed by atoms with van der Waals surface area (Å²) in [5, 5.41) is 19.7. The molecule has 98 valence electrons. The van der Waals surface area contributed by atoms with Crippen molar-refractivity contribution in [3.05, 3.63) is 41.0 Å². The maximum atomic E-state index is 11.9. The number of carbonyl (C=O) groups excluding carboxylic acids is 1. The van der Waals surface area contributed by atoms with Crippen molar-refractivity contribution in [2.45, 2.75) is 0 Å². The van der Waals surface area contributed by atoms with Gasteiger partial charge in [-0.2, -0.15) is 0 Å². The molecule has 0 unspecified atom stereocenters. The van der Waals surface area contributed by atoms with Crippen LogP contribution >= 0.6 is 11.6 Å². The number of methoxy groups -OCH3 is 1. The molecule has 1 heterocycles. The first kappa shape index (κ1) is 13.1. The summed E-state index contributed by atoms with van der Waals surface area (Å²) in [4.78, 5) is 11.9. The van der Waals surface area contributed by atoms with E-state index in [1.54, 1.807) is 6.07 Å². The average molecular weight is 280 g/mol. The minimum Gasteiger partial charge on any atom is -0.507 e. The fourth-order valence-corrected chi connectivity index (χ4v) is 1.50. The molecule has 0 spiro atoms. The molecule has 0 fully saturated rings. The number of rotatable bonds is 3. The van der Waals surface area contributed by atoms with Gasteiger partial charge in [-0.3, -0.25) is 4.79 Å². The first-order valence-electron chi connectivity index (χ1n) is 5.28. The first-order valence-corrected chi connectivity index (χ1v) is 5.65. The van der Waals surface area contributed by atoms with E-state index in [9.17, 15) is 9.90 Å². The number of hydrogen-bond donors (Lipinski definition) is 2. The summed E-state index contributed by atoms with van der Waals surface area (Å²) in [5.41, 5.74) is 0.109. The molecule has 2 aromatic rings. The van der Waals surface area contributed by atoms with Crippen LogP contribution in [0, 0.1) is 0 Å². The van der Waals surface area contributed by atoms with Crippen molar-refractivity contribution in [1.82, 2.24) is 10.2 Å². The fraction of sp³-hybridized carbons (Fsp3) is 0.0833. The molecule has 0 aliphatic rings. The van der Waals surface area contributed by atoms with E-state index in [-0.39, 0.29) is 22.3 Å². The van der Waals surface area contributed by atoms with E-state index in [0.717, 1.165) is 0 Å². The number of aromatic nitrogens is 2. The highest BCUT2D eigenvalue weighted by Crippen LogP contribution is 2.24. The highest BCUT2D eigenvalue weighted by atomic mass is 35.5. The minimum atomic E-state index is -0.503. The van der Waals surface area contributed by atoms with Gasteiger partial charge in [-0.05, 0) is 24.3 Å². The number of nitrogens with one attached hydrogen (secondary N) is 1. The van der Waals surface area contributed by atoms with E-state index in [1.807, 2.05) is 0 Å². The second-order valence-corrected chi connectivity index (χ2v) is 3.97. The van der Waals surface area contributed by atoms with Gasteiger partial charge in [-0.15, -0.1) is 10.2 Å². The molecular weight excluding hydrogens is 270 g/mol. The predicted octanol–water partition coefficient (Wildman–Crippen LogP) is 2.10. The van der Waals surface area contributed by atoms with Crippen LogP contribution in [0.3, 0.4) is 0 Å². The van der Waals surface area contributed by atoms with Gasteiger partial charge in [0, 0.05) is 6.07 Å². The Balaban J connectivity index is 2.18. The molecule has 0 aliphatic heterocycles. The summed E-state index contributed by atoms with van der Waals surface area (Å²) in [6.45, 7) is 0. The number of anilines is 1. The molecule has 0 saturated heterocycles. The van der Waals surface area contributed by atoms with Crippen LogP contribution in [0.25, 0.3) is 0 Å². The minimum absolute atomic E-state index is 0.109. The van der Waals surface area contributed by atoms with Gasteiger partial charge >= 0.3 is 0 Å². The highest BCUT2D eigenvalue weighted by molar-refractivity contribution is 6.29. The van der Waals surface area contributed by atoms with E-state index in [1.165, 1.54) is 31.4 Å². The SMILES string of the molecule is COc1ccc(C(=O)Nc2ccc(Cl)nn2)c(O)c1. The number of amides is 1. The molecule has 6 nitrogen and oxygen atoms in total. The number of halogens is 1. The van der Waals surface area contributed by atoms with Crippen LogP contribution < -0.4 is 10.1 Å². The Morgan fingerprint density at radius 1 is 1.32 bits per heavy atom. The van der Waals surface area contributed by atoms with Gasteiger partial charge in [0.05, 0.1) is 12.7 Å². The Morgan fingerprint density at radius 3 is 2.68 bits per heavy atom. The smallest absolute Gasteiger partial charge is 0.260 e. The maximum absolute atomic E-state index is 11.9. The van der Waals surface area contributed by atoms with Gasteiger partial charge in [-0.25, -0.2) is 0 Å². The van der Waals surface area contributed by atoms with E-state index in [2.05, 4.69) is 15.5 Å². The number of hydrogen-bond acceptors (Lipinski definition) is 5. The molecule has 0 bridgehead atoms. The number of carbonyl (C=O) groups is 1. The van der Waals surface area contributed by atoms with Crippen molar-refractivity contribution in [3.8, 4) is 11.5 Å². The summed E-state index contributed by atoms with van der Waals surface area (Å²) in [7, 11) is 1.47. The lowest BCUT2D eigenvalue weighted by Gasteiger charge is -2.07. The van der Waals surface area contributed by atoms with Crippen LogP contribution in [0.15, 0.2) is 30.3 Å². The lowest BCUT2D eigenvalue weighted by atomic mass is 10.2. The number of benzene rings is 1. The third-order valence-corrected chi connectivity index (χ3v) is 2.52. The zero-order valence-electron chi connectivity index (χ0n) is 9.92. The first-order chi connectivity index (χ1) is 9.10. The summed E-state index contributed by atoms with van der Waals surface area (Å²) in [5.74, 6) is 0.0144. The van der Waals surface area contributed by atoms with Crippen molar-refractivity contribution >= 4 is 23.3 Å². The second kappa shape index (κ2) is 5.53. The molecule has 1 amide bonds. The van der Waals surface area contributed by atoms with Gasteiger partial charge < -0.3 is 15.2 Å². The summed E-state index contributed by atoms with van der Waals surface area (Å²) >= 11 is 5.58. The number of nitrogens with zero attached hydrogens (tertiary/aromatic N) is 2. The van der Waals surface area contributed by atoms with Crippen LogP contribution in [0.1, 0.15) is 10.4 Å². The second-order valence-electron chi connectivity index (χ2n) is 3.58. The van der Waals surface area contributed by atoms with Crippen molar-refractivity contribution in [2.75, 3.05) is 12.4 Å². The van der Waals surface area contributed by atoms with Crippen molar-refractivity contribution < 1.29 is 14.6 Å². The van der Waals surface area contributed by atoms with Gasteiger partial charge in [0.25, 0.3) is 5.91 Å². The highest BCUT2D eigenvalue weighted by Gasteiger charge is 2.12. The zero-order valence-corrected chi connectivity index (χ0v) is 10.7. The van der Waals surface area contributed by atoms with Crippen LogP contribution in [-0.4, -0.2) is 28.3 Å². The Kier molecular flexibility index (Phi) is 3.82. The molecule has 2 rings (SSSR count). The topological polar surface area (TPSA) is 84.3 Å². The molecule has 1 aromatic heterocycles. The van der Waals surface area contributed by atoms with Gasteiger partial charge in [0.1, 0.15) is 11.5 Å². The molecule has 0 radical (unpaired) electrons. The Bertz CT molecular complexity index is 602. The number of aromatic hydroxyl groups is 1. The molecule has 0 aliphatic carbocycles. The van der Waals surface area contributed by atoms with Crippen LogP contribution in [0.2, 0.25) is 5.15 Å². The summed E-state index contributed by atoms with van der Waals surface area (Å²) in [6.07, 6.45) is 0. The number of phenolic OH excluding ortho intramolecular Hbond substituents is 1. The third kappa shape index (κ3) is 3.11. The number of ether oxygens (including phenoxy) is 1. The van der Waals surface area contributed by atoms with E-state index in [4.69, 9.17) is 16.3 Å². The quantitative estimate of drug-likeness (QED) is 0.899. The van der Waals surface area contributed by atoms with Crippen LogP contribution in [0.5, 0.6) is 11.5 Å². The van der Waals surface area contributed by atoms with E-state index in [0.29, 0.717) is 5.75 Å². The Labute approximate surface area is 114 Å². The molecule has 1 aromatic carbocycles. The van der Waals surface area contributed by atoms with Crippen LogP contribution in [0.4, 0.5) is 5.82 Å². The molecule has 7 heteroatoms. The van der Waals surface area contributed by atoms with Crippen molar-refractivity contribution in [3.63, 3.8) is 0 Å². The zero-order chi connectivity index (χ0) is 13.8. The predicted molar refractivity (Wildman–Crippen MR) is 69.7 cm³/mol. The van der Waals surface area contributed by atoms with Gasteiger partial charge in [-0.1, -0.05) is 11.6 Å². The lowest BCUT2D eigenvalue weighted by molar-refractivity contribution is 0.102. The Hall–Kier alpha value is -2.34. The molecule has 0 atom stereocenters. The van der Waals surface area contributed by atoms with Crippen LogP contribution in [-0.2, 0) is 0 Å². The standard InChI is InChI=1S/C12H10ClN3O3/c1-19-7-2-3-8(9(17)6-7)12(18)14-11-5-4-10(13)15-16-11/h2-6,17H,1H3,(H,14,16,18). The number of phenols is 1. The Morgan fingerprint density at radius 2 is 2.11 bits per heavy atom. The van der Waals surface area contributed by atoms with Crippen molar-refractivity contribution in [1.29, 1.82) is 0 Å². The molecule has 0 saturated carbocycles. The molecular formula is C12H10ClN3O3. The van der Waals surface area contributed by atoms with Gasteiger partial charge in [0.15, 0.2) is 11.0 Å². The molecule has 19 heavy (non-hydrogen) atoms. The monoisotopic (exact) mass is 279 g/mol. The van der Waals surface area contributed by atoms with Gasteiger partial charge in [0.2, 0.25) is 0 Å². The summed E-state index contributed by atoms with van der Waals surface area (Å²) in [6, 6.07) is 7.38. The molecule has 2 N–H and O–H groups in total. The van der Waals surface area contributed by atoms with E-state index >= 15 is 0 Å². The normalized spacial score (nSPS) is 10.0. The third-order valence-electron chi connectivity index (χ3n) is 2.32. The lowest BCUT2D eigenvalue weighted by Crippen LogP contribution is -2.13. The largest absolute Gasteiger partial charge is 0.507 e. The summed E-state index contributed by atoms with van der Waals surface area (Å²) < 4.78 is 4.93. The maximum Gasteiger partial charge on any atom is 0.260 e. The fourth-order valence-electron chi connectivity index (χ4n) is 1.40. The average Bonchev–Trinajstić information content (AvgIpc) is 2.41.